The van der Waals surface area contributed by atoms with Crippen molar-refractivity contribution in [3.05, 3.63) is 41.2 Å². The Morgan fingerprint density at radius 3 is 2.71 bits per heavy atom. The zero-order valence-electron chi connectivity index (χ0n) is 16.2. The number of aryl methyl sites for hydroxylation is 2. The van der Waals surface area contributed by atoms with Crippen LogP contribution in [0.2, 0.25) is 0 Å². The Morgan fingerprint density at radius 1 is 1.25 bits per heavy atom. The summed E-state index contributed by atoms with van der Waals surface area (Å²) in [6, 6.07) is 6.48. The highest BCUT2D eigenvalue weighted by Gasteiger charge is 2.42. The number of nitrogens with zero attached hydrogens (tertiary/aromatic N) is 4. The molecule has 28 heavy (non-hydrogen) atoms. The van der Waals surface area contributed by atoms with E-state index in [0.717, 1.165) is 12.1 Å². The van der Waals surface area contributed by atoms with Crippen molar-refractivity contribution in [2.45, 2.75) is 32.7 Å². The molecule has 1 aromatic heterocycles. The summed E-state index contributed by atoms with van der Waals surface area (Å²) < 4.78 is 1.70. The summed E-state index contributed by atoms with van der Waals surface area (Å²) in [5.74, 6) is -0.667. The van der Waals surface area contributed by atoms with E-state index in [1.165, 1.54) is 4.90 Å². The molecule has 0 unspecified atom stereocenters. The number of carbonyl (C=O) groups is 3. The fourth-order valence-electron chi connectivity index (χ4n) is 4.05. The second-order valence-corrected chi connectivity index (χ2v) is 7.32. The lowest BCUT2D eigenvalue weighted by Crippen LogP contribution is -2.47. The van der Waals surface area contributed by atoms with Gasteiger partial charge in [-0.05, 0) is 38.8 Å². The Bertz CT molecular complexity index is 980. The maximum atomic E-state index is 13.2. The number of para-hydroxylation sites is 1. The molecule has 0 spiro atoms. The van der Waals surface area contributed by atoms with Gasteiger partial charge in [0.1, 0.15) is 12.6 Å². The molecule has 2 aliphatic heterocycles. The Hall–Kier alpha value is -3.16. The molecule has 3 heterocycles. The van der Waals surface area contributed by atoms with Gasteiger partial charge in [0.15, 0.2) is 0 Å². The third kappa shape index (κ3) is 2.85. The van der Waals surface area contributed by atoms with E-state index in [1.54, 1.807) is 33.8 Å². The fourth-order valence-corrected chi connectivity index (χ4v) is 4.05. The number of anilines is 2. The van der Waals surface area contributed by atoms with Crippen LogP contribution < -0.4 is 10.2 Å². The molecular formula is C20H23N5O3. The molecule has 146 valence electrons. The highest BCUT2D eigenvalue weighted by Crippen LogP contribution is 2.32. The van der Waals surface area contributed by atoms with E-state index in [1.807, 2.05) is 20.9 Å². The maximum absolute atomic E-state index is 13.2. The van der Waals surface area contributed by atoms with Crippen LogP contribution in [0.3, 0.4) is 0 Å². The fraction of sp³-hybridized carbons (Fsp3) is 0.400. The minimum absolute atomic E-state index is 0.145. The molecule has 1 fully saturated rings. The average molecular weight is 381 g/mol. The predicted octanol–water partition coefficient (Wildman–Crippen LogP) is 1.63. The summed E-state index contributed by atoms with van der Waals surface area (Å²) in [7, 11) is 1.81. The first-order valence-electron chi connectivity index (χ1n) is 9.40. The zero-order valence-corrected chi connectivity index (χ0v) is 16.2. The smallest absolute Gasteiger partial charge is 0.256 e. The van der Waals surface area contributed by atoms with Crippen LogP contribution in [-0.2, 0) is 16.6 Å². The lowest BCUT2D eigenvalue weighted by molar-refractivity contribution is -0.124. The highest BCUT2D eigenvalue weighted by atomic mass is 16.2. The topological polar surface area (TPSA) is 87.5 Å². The van der Waals surface area contributed by atoms with E-state index < -0.39 is 6.04 Å². The first kappa shape index (κ1) is 18.2. The van der Waals surface area contributed by atoms with E-state index in [0.29, 0.717) is 35.6 Å². The molecule has 0 aliphatic carbocycles. The van der Waals surface area contributed by atoms with Crippen LogP contribution in [0.25, 0.3) is 0 Å². The first-order chi connectivity index (χ1) is 13.4. The van der Waals surface area contributed by atoms with Crippen molar-refractivity contribution in [2.24, 2.45) is 7.05 Å². The van der Waals surface area contributed by atoms with E-state index in [9.17, 15) is 14.4 Å². The largest absolute Gasteiger partial charge is 0.327 e. The van der Waals surface area contributed by atoms with Gasteiger partial charge in [-0.15, -0.1) is 0 Å². The van der Waals surface area contributed by atoms with Crippen molar-refractivity contribution in [3.8, 4) is 0 Å². The van der Waals surface area contributed by atoms with Gasteiger partial charge in [0.2, 0.25) is 11.8 Å². The van der Waals surface area contributed by atoms with Crippen LogP contribution >= 0.6 is 0 Å². The third-order valence-corrected chi connectivity index (χ3v) is 5.57. The maximum Gasteiger partial charge on any atom is 0.256 e. The summed E-state index contributed by atoms with van der Waals surface area (Å²) in [5.41, 5.74) is 3.16. The van der Waals surface area contributed by atoms with Crippen molar-refractivity contribution in [3.63, 3.8) is 0 Å². The molecule has 1 atom stereocenters. The van der Waals surface area contributed by atoms with Crippen molar-refractivity contribution >= 4 is 29.1 Å². The van der Waals surface area contributed by atoms with Crippen LogP contribution in [0.5, 0.6) is 0 Å². The van der Waals surface area contributed by atoms with Gasteiger partial charge in [0.25, 0.3) is 5.91 Å². The molecule has 8 heteroatoms. The van der Waals surface area contributed by atoms with Crippen LogP contribution in [0, 0.1) is 13.8 Å². The number of hydrogen-bond acceptors (Lipinski definition) is 4. The summed E-state index contributed by atoms with van der Waals surface area (Å²) >= 11 is 0. The number of fused-ring (bicyclic) bond motifs is 2. The van der Waals surface area contributed by atoms with Gasteiger partial charge in [-0.1, -0.05) is 12.1 Å². The zero-order chi connectivity index (χ0) is 20.0. The second kappa shape index (κ2) is 6.78. The van der Waals surface area contributed by atoms with E-state index in [4.69, 9.17) is 0 Å². The number of carbonyl (C=O) groups excluding carboxylic acids is 3. The number of hydrogen-bond donors (Lipinski definition) is 1. The normalized spacial score (nSPS) is 18.8. The summed E-state index contributed by atoms with van der Waals surface area (Å²) in [5, 5.41) is 7.17. The van der Waals surface area contributed by atoms with Gasteiger partial charge in [-0.3, -0.25) is 19.1 Å². The SMILES string of the molecule is Cc1nn(C)c(C)c1NC(=O)CN1C(=O)[C@@H]2CCCN2C(=O)c2ccccc21. The molecule has 4 rings (SSSR count). The summed E-state index contributed by atoms with van der Waals surface area (Å²) in [4.78, 5) is 42.0. The number of rotatable bonds is 3. The molecule has 2 aromatic rings. The lowest BCUT2D eigenvalue weighted by atomic mass is 10.1. The number of aromatic nitrogens is 2. The Morgan fingerprint density at radius 2 is 2.00 bits per heavy atom. The highest BCUT2D eigenvalue weighted by molar-refractivity contribution is 6.13. The number of nitrogens with one attached hydrogen (secondary N) is 1. The van der Waals surface area contributed by atoms with E-state index in [2.05, 4.69) is 10.4 Å². The standard InChI is InChI=1S/C20H23N5O3/c1-12-18(13(2)23(3)22-12)21-17(26)11-25-15-8-5-4-7-14(15)19(27)24-10-6-9-16(24)20(25)28/h4-5,7-8,16H,6,9-11H2,1-3H3,(H,21,26)/t16-/m0/s1. The Balaban J connectivity index is 1.65. The predicted molar refractivity (Wildman–Crippen MR) is 104 cm³/mol. The van der Waals surface area contributed by atoms with Crippen molar-refractivity contribution in [1.82, 2.24) is 14.7 Å². The van der Waals surface area contributed by atoms with Crippen LogP contribution in [0.15, 0.2) is 24.3 Å². The lowest BCUT2D eigenvalue weighted by Gasteiger charge is -2.25. The molecule has 1 aromatic carbocycles. The molecule has 1 N–H and O–H groups in total. The van der Waals surface area contributed by atoms with Gasteiger partial charge in [-0.25, -0.2) is 0 Å². The molecule has 2 aliphatic rings. The van der Waals surface area contributed by atoms with Crippen LogP contribution in [-0.4, -0.2) is 51.5 Å². The molecule has 3 amide bonds. The average Bonchev–Trinajstić information content (AvgIpc) is 3.24. The van der Waals surface area contributed by atoms with Gasteiger partial charge in [-0.2, -0.15) is 5.10 Å². The summed E-state index contributed by atoms with van der Waals surface area (Å²) in [6.07, 6.45) is 1.41. The van der Waals surface area contributed by atoms with Crippen LogP contribution in [0.4, 0.5) is 11.4 Å². The van der Waals surface area contributed by atoms with E-state index in [-0.39, 0.29) is 24.3 Å². The third-order valence-electron chi connectivity index (χ3n) is 5.57. The molecule has 0 saturated carbocycles. The molecule has 0 bridgehead atoms. The quantitative estimate of drug-likeness (QED) is 0.875. The Labute approximate surface area is 163 Å². The monoisotopic (exact) mass is 381 g/mol. The molecular weight excluding hydrogens is 358 g/mol. The summed E-state index contributed by atoms with van der Waals surface area (Å²) in [6.45, 7) is 4.11. The Kier molecular flexibility index (Phi) is 4.41. The van der Waals surface area contributed by atoms with Crippen molar-refractivity contribution < 1.29 is 14.4 Å². The van der Waals surface area contributed by atoms with E-state index >= 15 is 0 Å². The van der Waals surface area contributed by atoms with Crippen LogP contribution in [0.1, 0.15) is 34.6 Å². The molecule has 1 saturated heterocycles. The van der Waals surface area contributed by atoms with Crippen molar-refractivity contribution in [1.29, 1.82) is 0 Å². The van der Waals surface area contributed by atoms with Gasteiger partial charge >= 0.3 is 0 Å². The minimum atomic E-state index is -0.505. The molecule has 8 nitrogen and oxygen atoms in total. The van der Waals surface area contributed by atoms with Gasteiger partial charge in [0.05, 0.1) is 28.3 Å². The first-order valence-corrected chi connectivity index (χ1v) is 9.40. The number of benzene rings is 1. The number of amides is 3. The van der Waals surface area contributed by atoms with Gasteiger partial charge < -0.3 is 15.1 Å². The van der Waals surface area contributed by atoms with Gasteiger partial charge in [0, 0.05) is 13.6 Å². The second-order valence-electron chi connectivity index (χ2n) is 7.32. The molecule has 0 radical (unpaired) electrons. The van der Waals surface area contributed by atoms with Crippen molar-refractivity contribution in [2.75, 3.05) is 23.3 Å². The minimum Gasteiger partial charge on any atom is -0.327 e.